The van der Waals surface area contributed by atoms with Crippen molar-refractivity contribution in [2.45, 2.75) is 45.3 Å². The third-order valence-electron chi connectivity index (χ3n) is 6.76. The van der Waals surface area contributed by atoms with Gasteiger partial charge in [-0.3, -0.25) is 9.69 Å². The Morgan fingerprint density at radius 2 is 1.66 bits per heavy atom. The monoisotopic (exact) mass is 580 g/mol. The lowest BCUT2D eigenvalue weighted by atomic mass is 9.89. The summed E-state index contributed by atoms with van der Waals surface area (Å²) in [6.07, 6.45) is 0.363. The fraction of sp³-hybridized carbons (Fsp3) is 0.333. The predicted molar refractivity (Wildman–Crippen MR) is 151 cm³/mol. The van der Waals surface area contributed by atoms with Gasteiger partial charge in [-0.1, -0.05) is 58.4 Å². The minimum atomic E-state index is -0.429. The van der Waals surface area contributed by atoms with Gasteiger partial charge in [0.2, 0.25) is 5.91 Å². The second kappa shape index (κ2) is 12.3. The molecule has 0 aromatic heterocycles. The smallest absolute Gasteiger partial charge is 0.414 e. The predicted octanol–water partition coefficient (Wildman–Crippen LogP) is 6.53. The Balaban J connectivity index is 1.82. The van der Waals surface area contributed by atoms with Gasteiger partial charge in [0, 0.05) is 28.7 Å². The molecule has 2 unspecified atom stereocenters. The summed E-state index contributed by atoms with van der Waals surface area (Å²) in [7, 11) is 3.14. The van der Waals surface area contributed by atoms with Gasteiger partial charge in [0.15, 0.2) is 11.5 Å². The van der Waals surface area contributed by atoms with E-state index in [1.807, 2.05) is 72.5 Å². The van der Waals surface area contributed by atoms with Crippen molar-refractivity contribution in [2.24, 2.45) is 0 Å². The minimum absolute atomic E-state index is 0.00512. The third kappa shape index (κ3) is 5.96. The summed E-state index contributed by atoms with van der Waals surface area (Å²) in [6.45, 7) is 4.45. The van der Waals surface area contributed by atoms with Crippen LogP contribution in [0.3, 0.4) is 0 Å². The number of hydrogen-bond acceptors (Lipinski definition) is 5. The van der Waals surface area contributed by atoms with Crippen molar-refractivity contribution in [1.29, 1.82) is 0 Å². The zero-order chi connectivity index (χ0) is 27.2. The van der Waals surface area contributed by atoms with E-state index in [0.717, 1.165) is 21.2 Å². The number of nitrogens with zero attached hydrogens (tertiary/aromatic N) is 2. The van der Waals surface area contributed by atoms with Crippen molar-refractivity contribution < 1.29 is 23.8 Å². The number of carbonyl (C=O) groups is 2. The molecule has 4 rings (SSSR count). The Labute approximate surface area is 232 Å². The molecule has 200 valence electrons. The van der Waals surface area contributed by atoms with Gasteiger partial charge in [-0.15, -0.1) is 0 Å². The topological polar surface area (TPSA) is 68.3 Å². The average molecular weight is 582 g/mol. The Bertz CT molecular complexity index is 1280. The van der Waals surface area contributed by atoms with Crippen molar-refractivity contribution in [3.05, 3.63) is 87.9 Å². The highest BCUT2D eigenvalue weighted by molar-refractivity contribution is 9.10. The maximum Gasteiger partial charge on any atom is 0.414 e. The number of rotatable bonds is 8. The van der Waals surface area contributed by atoms with Crippen molar-refractivity contribution in [2.75, 3.05) is 25.7 Å². The molecular weight excluding hydrogens is 548 g/mol. The number of halogens is 1. The average Bonchev–Trinajstić information content (AvgIpc) is 2.91. The lowest BCUT2D eigenvalue weighted by molar-refractivity contribution is -0.134. The summed E-state index contributed by atoms with van der Waals surface area (Å²) in [4.78, 5) is 30.6. The number of carbonyl (C=O) groups excluding carboxylic acids is 2. The Hall–Kier alpha value is -3.52. The number of benzene rings is 3. The number of methoxy groups -OCH3 is 2. The molecule has 2 amide bonds. The van der Waals surface area contributed by atoms with Gasteiger partial charge in [-0.2, -0.15) is 0 Å². The molecule has 0 aliphatic carbocycles. The van der Waals surface area contributed by atoms with Crippen LogP contribution in [0.2, 0.25) is 0 Å². The number of ether oxygens (including phenoxy) is 3. The fourth-order valence-corrected chi connectivity index (χ4v) is 5.44. The van der Waals surface area contributed by atoms with Crippen LogP contribution in [-0.4, -0.2) is 43.8 Å². The molecule has 0 N–H and O–H groups in total. The first-order chi connectivity index (χ1) is 18.4. The van der Waals surface area contributed by atoms with Gasteiger partial charge in [-0.25, -0.2) is 4.79 Å². The zero-order valence-corrected chi connectivity index (χ0v) is 23.7. The van der Waals surface area contributed by atoms with Crippen molar-refractivity contribution in [3.8, 4) is 11.5 Å². The first kappa shape index (κ1) is 27.5. The van der Waals surface area contributed by atoms with Gasteiger partial charge in [0.1, 0.15) is 0 Å². The van der Waals surface area contributed by atoms with Crippen LogP contribution < -0.4 is 14.4 Å². The molecule has 0 fully saturated rings. The molecule has 3 aromatic carbocycles. The Kier molecular flexibility index (Phi) is 8.94. The Morgan fingerprint density at radius 3 is 2.32 bits per heavy atom. The van der Waals surface area contributed by atoms with Crippen LogP contribution in [-0.2, 0) is 22.5 Å². The first-order valence-electron chi connectivity index (χ1n) is 12.7. The molecule has 0 saturated carbocycles. The summed E-state index contributed by atoms with van der Waals surface area (Å²) in [5, 5.41) is 0. The zero-order valence-electron chi connectivity index (χ0n) is 22.1. The first-order valence-corrected chi connectivity index (χ1v) is 13.4. The van der Waals surface area contributed by atoms with Crippen LogP contribution in [0.5, 0.6) is 11.5 Å². The molecule has 0 saturated heterocycles. The number of hydrogen-bond donors (Lipinski definition) is 0. The normalized spacial score (nSPS) is 16.4. The van der Waals surface area contributed by atoms with Crippen LogP contribution in [0, 0.1) is 0 Å². The van der Waals surface area contributed by atoms with Crippen LogP contribution in [0.25, 0.3) is 0 Å². The van der Waals surface area contributed by atoms with E-state index in [2.05, 4.69) is 15.9 Å². The summed E-state index contributed by atoms with van der Waals surface area (Å²) in [5.74, 6) is 1.03. The van der Waals surface area contributed by atoms with Gasteiger partial charge < -0.3 is 19.1 Å². The van der Waals surface area contributed by atoms with Crippen LogP contribution in [0.1, 0.15) is 43.0 Å². The lowest BCUT2D eigenvalue weighted by Crippen LogP contribution is -2.48. The fourth-order valence-electron chi connectivity index (χ4n) is 4.99. The quantitative estimate of drug-likeness (QED) is 0.303. The molecule has 1 aliphatic heterocycles. The van der Waals surface area contributed by atoms with Gasteiger partial charge in [-0.05, 0) is 49.6 Å². The van der Waals surface area contributed by atoms with Crippen LogP contribution in [0.4, 0.5) is 10.5 Å². The van der Waals surface area contributed by atoms with E-state index in [-0.39, 0.29) is 31.0 Å². The lowest BCUT2D eigenvalue weighted by Gasteiger charge is -2.43. The molecule has 0 bridgehead atoms. The van der Waals surface area contributed by atoms with Crippen molar-refractivity contribution in [3.63, 3.8) is 0 Å². The number of fused-ring (bicyclic) bond motifs is 1. The van der Waals surface area contributed by atoms with Gasteiger partial charge >= 0.3 is 6.09 Å². The van der Waals surface area contributed by atoms with E-state index >= 15 is 0 Å². The highest BCUT2D eigenvalue weighted by Gasteiger charge is 2.39. The van der Waals surface area contributed by atoms with Gasteiger partial charge in [0.05, 0.1) is 39.0 Å². The maximum atomic E-state index is 14.0. The molecule has 1 heterocycles. The number of anilines is 1. The van der Waals surface area contributed by atoms with E-state index in [4.69, 9.17) is 14.2 Å². The van der Waals surface area contributed by atoms with E-state index in [9.17, 15) is 9.59 Å². The third-order valence-corrected chi connectivity index (χ3v) is 7.25. The second-order valence-electron chi connectivity index (χ2n) is 9.25. The van der Waals surface area contributed by atoms with E-state index in [1.165, 1.54) is 0 Å². The molecule has 2 atom stereocenters. The highest BCUT2D eigenvalue weighted by atomic mass is 79.9. The highest BCUT2D eigenvalue weighted by Crippen LogP contribution is 2.46. The molecule has 8 heteroatoms. The molecular formula is C30H33BrN2O5. The summed E-state index contributed by atoms with van der Waals surface area (Å²) >= 11 is 3.51. The van der Waals surface area contributed by atoms with Crippen molar-refractivity contribution in [1.82, 2.24) is 4.90 Å². The largest absolute Gasteiger partial charge is 0.493 e. The van der Waals surface area contributed by atoms with Crippen LogP contribution in [0.15, 0.2) is 71.2 Å². The molecule has 3 aromatic rings. The molecule has 38 heavy (non-hydrogen) atoms. The summed E-state index contributed by atoms with van der Waals surface area (Å²) in [5.41, 5.74) is 3.41. The van der Waals surface area contributed by atoms with E-state index in [1.54, 1.807) is 32.1 Å². The summed E-state index contributed by atoms with van der Waals surface area (Å²) in [6, 6.07) is 20.9. The van der Waals surface area contributed by atoms with Gasteiger partial charge in [0.25, 0.3) is 0 Å². The molecule has 7 nitrogen and oxygen atoms in total. The summed E-state index contributed by atoms with van der Waals surface area (Å²) < 4.78 is 17.5. The maximum absolute atomic E-state index is 14.0. The van der Waals surface area contributed by atoms with Crippen molar-refractivity contribution >= 4 is 33.6 Å². The Morgan fingerprint density at radius 1 is 0.974 bits per heavy atom. The second-order valence-corrected chi connectivity index (χ2v) is 10.2. The van der Waals surface area contributed by atoms with E-state index in [0.29, 0.717) is 30.2 Å². The minimum Gasteiger partial charge on any atom is -0.493 e. The number of amides is 2. The standard InChI is InChI=1S/C30H33BrN2O5/c1-5-38-30(35)33-20(2)14-25(24-17-27(36-3)28(37-4)18-26(24)33)32(19-21-10-7-6-8-11-21)29(34)16-22-12-9-13-23(31)15-22/h6-13,15,17-18,20,25H,5,14,16,19H2,1-4H3. The van der Waals surface area contributed by atoms with Crippen LogP contribution >= 0.6 is 15.9 Å². The molecule has 1 aliphatic rings. The molecule has 0 radical (unpaired) electrons. The molecule has 0 spiro atoms. The van der Waals surface area contributed by atoms with E-state index < -0.39 is 6.09 Å². The SMILES string of the molecule is CCOC(=O)N1c2cc(OC)c(OC)cc2C(N(Cc2ccccc2)C(=O)Cc2cccc(Br)c2)CC1C.